The number of nitrogens with zero attached hydrogens (tertiary/aromatic N) is 3. The van der Waals surface area contributed by atoms with Crippen LogP contribution in [0.15, 0.2) is 59.5 Å². The molecule has 1 aliphatic heterocycles. The van der Waals surface area contributed by atoms with E-state index in [0.717, 1.165) is 17.7 Å². The van der Waals surface area contributed by atoms with Crippen molar-refractivity contribution < 1.29 is 0 Å². The average Bonchev–Trinajstić information content (AvgIpc) is 3.47. The van der Waals surface area contributed by atoms with E-state index in [0.29, 0.717) is 17.9 Å². The lowest BCUT2D eigenvalue weighted by Crippen LogP contribution is -2.47. The van der Waals surface area contributed by atoms with Crippen LogP contribution in [0.2, 0.25) is 0 Å². The molecule has 1 aromatic heterocycles. The molecule has 0 spiro atoms. The Morgan fingerprint density at radius 2 is 1.97 bits per heavy atom. The molecule has 1 saturated carbocycles. The molecule has 2 aliphatic carbocycles. The van der Waals surface area contributed by atoms with E-state index >= 15 is 0 Å². The Kier molecular flexibility index (Phi) is 4.71. The van der Waals surface area contributed by atoms with E-state index in [2.05, 4.69) is 59.0 Å². The van der Waals surface area contributed by atoms with Crippen molar-refractivity contribution in [2.45, 2.75) is 38.2 Å². The van der Waals surface area contributed by atoms with Gasteiger partial charge in [-0.25, -0.2) is 4.68 Å². The number of hydrogen-bond donors (Lipinski definition) is 1. The highest BCUT2D eigenvalue weighted by molar-refractivity contribution is 8.09. The Morgan fingerprint density at radius 3 is 2.63 bits per heavy atom. The number of benzene rings is 1. The van der Waals surface area contributed by atoms with Gasteiger partial charge in [-0.1, -0.05) is 54.2 Å². The fourth-order valence-electron chi connectivity index (χ4n) is 4.91. The number of pyridine rings is 1. The molecule has 30 heavy (non-hydrogen) atoms. The largest absolute Gasteiger partial charge is 0.343 e. The normalized spacial score (nSPS) is 26.7. The van der Waals surface area contributed by atoms with Crippen LogP contribution in [0, 0.1) is 37.0 Å². The first-order chi connectivity index (χ1) is 14.5. The van der Waals surface area contributed by atoms with Crippen molar-refractivity contribution in [3.05, 3.63) is 87.5 Å². The van der Waals surface area contributed by atoms with Gasteiger partial charge in [-0.3, -0.25) is 10.2 Å². The van der Waals surface area contributed by atoms with Crippen LogP contribution in [0.5, 0.6) is 0 Å². The van der Waals surface area contributed by atoms with Gasteiger partial charge in [-0.2, -0.15) is 5.26 Å². The molecule has 2 heterocycles. The summed E-state index contributed by atoms with van der Waals surface area (Å²) >= 11 is 1.73. The summed E-state index contributed by atoms with van der Waals surface area (Å²) in [5.74, 6) is 1.21. The van der Waals surface area contributed by atoms with Gasteiger partial charge in [0.05, 0.1) is 0 Å². The topological polar surface area (TPSA) is 61.1 Å². The predicted octanol–water partition coefficient (Wildman–Crippen LogP) is 4.18. The Balaban J connectivity index is 1.50. The Labute approximate surface area is 180 Å². The number of thioether (sulfide) groups is 1. The maximum absolute atomic E-state index is 13.0. The number of fused-ring (bicyclic) bond motifs is 2. The zero-order valence-corrected chi connectivity index (χ0v) is 17.9. The molecule has 152 valence electrons. The second kappa shape index (κ2) is 7.41. The van der Waals surface area contributed by atoms with Gasteiger partial charge in [-0.15, -0.1) is 0 Å². The van der Waals surface area contributed by atoms with Gasteiger partial charge < -0.3 is 4.90 Å². The third-order valence-electron chi connectivity index (χ3n) is 6.40. The molecule has 5 nitrogen and oxygen atoms in total. The summed E-state index contributed by atoms with van der Waals surface area (Å²) in [6, 6.07) is 14.7. The Hall–Kier alpha value is -2.91. The molecule has 6 heteroatoms. The molecule has 2 aromatic rings. The van der Waals surface area contributed by atoms with E-state index in [1.165, 1.54) is 16.9 Å². The summed E-state index contributed by atoms with van der Waals surface area (Å²) in [6.07, 6.45) is 9.31. The summed E-state index contributed by atoms with van der Waals surface area (Å²) in [5.41, 5.74) is 5.94. The predicted molar refractivity (Wildman–Crippen MR) is 121 cm³/mol. The molecular weight excluding hydrogens is 392 g/mol. The maximum atomic E-state index is 13.0. The zero-order chi connectivity index (χ0) is 20.8. The molecule has 4 atom stereocenters. The highest BCUT2D eigenvalue weighted by atomic mass is 32.2. The molecule has 0 amide bonds. The second-order valence-corrected chi connectivity index (χ2v) is 9.47. The van der Waals surface area contributed by atoms with E-state index in [9.17, 15) is 10.1 Å². The van der Waals surface area contributed by atoms with E-state index in [4.69, 9.17) is 0 Å². The Morgan fingerprint density at radius 1 is 1.17 bits per heavy atom. The third kappa shape index (κ3) is 3.14. The van der Waals surface area contributed by atoms with Crippen molar-refractivity contribution in [1.29, 1.82) is 5.26 Å². The van der Waals surface area contributed by atoms with Crippen LogP contribution in [-0.2, 0) is 0 Å². The minimum Gasteiger partial charge on any atom is -0.343 e. The highest BCUT2D eigenvalue weighted by Gasteiger charge is 2.43. The number of aryl methyl sites for hydroxylation is 2. The van der Waals surface area contributed by atoms with Crippen LogP contribution in [0.4, 0.5) is 0 Å². The molecule has 0 saturated heterocycles. The van der Waals surface area contributed by atoms with Gasteiger partial charge in [0.25, 0.3) is 5.56 Å². The van der Waals surface area contributed by atoms with Gasteiger partial charge in [0.2, 0.25) is 0 Å². The van der Waals surface area contributed by atoms with Crippen molar-refractivity contribution in [1.82, 2.24) is 9.58 Å². The second-order valence-electron chi connectivity index (χ2n) is 8.35. The van der Waals surface area contributed by atoms with E-state index in [1.54, 1.807) is 16.4 Å². The van der Waals surface area contributed by atoms with E-state index in [1.807, 2.05) is 26.0 Å². The molecule has 0 radical (unpaired) electrons. The molecule has 2 bridgehead atoms. The van der Waals surface area contributed by atoms with Gasteiger partial charge in [0.15, 0.2) is 5.50 Å². The van der Waals surface area contributed by atoms with Gasteiger partial charge in [-0.05, 0) is 55.7 Å². The van der Waals surface area contributed by atoms with Gasteiger partial charge >= 0.3 is 0 Å². The molecule has 1 N–H and O–H groups in total. The summed E-state index contributed by atoms with van der Waals surface area (Å²) in [5, 5.41) is 9.44. The summed E-state index contributed by atoms with van der Waals surface area (Å²) in [4.78, 5) is 16.5. The molecule has 1 aromatic carbocycles. The fraction of sp³-hybridized carbons (Fsp3) is 0.333. The van der Waals surface area contributed by atoms with Crippen LogP contribution in [0.3, 0.4) is 0 Å². The first-order valence-electron chi connectivity index (χ1n) is 10.3. The smallest absolute Gasteiger partial charge is 0.287 e. The minimum atomic E-state index is -0.281. The number of nitriles is 1. The van der Waals surface area contributed by atoms with E-state index in [-0.39, 0.29) is 16.6 Å². The molecule has 1 fully saturated rings. The molecule has 5 rings (SSSR count). The quantitative estimate of drug-likeness (QED) is 0.758. The first-order valence-corrected chi connectivity index (χ1v) is 11.2. The number of nitrogens with one attached hydrogen (secondary N) is 1. The van der Waals surface area contributed by atoms with Crippen molar-refractivity contribution >= 4 is 16.7 Å². The highest BCUT2D eigenvalue weighted by Crippen LogP contribution is 2.47. The summed E-state index contributed by atoms with van der Waals surface area (Å²) in [6.45, 7) is 3.71. The lowest BCUT2D eigenvalue weighted by atomic mass is 10.0. The fourth-order valence-corrected chi connectivity index (χ4v) is 6.11. The van der Waals surface area contributed by atoms with Crippen molar-refractivity contribution in [2.24, 2.45) is 11.8 Å². The summed E-state index contributed by atoms with van der Waals surface area (Å²) in [7, 11) is 0. The van der Waals surface area contributed by atoms with Crippen molar-refractivity contribution in [3.8, 4) is 6.07 Å². The van der Waals surface area contributed by atoms with Gasteiger partial charge in [0.1, 0.15) is 11.6 Å². The van der Waals surface area contributed by atoms with Crippen LogP contribution in [0.25, 0.3) is 4.91 Å². The van der Waals surface area contributed by atoms with Crippen LogP contribution < -0.4 is 11.0 Å². The zero-order valence-electron chi connectivity index (χ0n) is 17.1. The first kappa shape index (κ1) is 19.1. The van der Waals surface area contributed by atoms with Crippen LogP contribution in [-0.4, -0.2) is 21.1 Å². The minimum absolute atomic E-state index is 0.108. The third-order valence-corrected chi connectivity index (χ3v) is 7.57. The van der Waals surface area contributed by atoms with Crippen molar-refractivity contribution in [2.75, 3.05) is 5.43 Å². The number of hydrogen-bond acceptors (Lipinski definition) is 5. The maximum Gasteiger partial charge on any atom is 0.287 e. The van der Waals surface area contributed by atoms with Gasteiger partial charge in [0, 0.05) is 22.8 Å². The SMILES string of the molecule is Cc1cc(C)n(NC2SC(c3ccccc3)=CN2C2CC3C=CC2C3)c(=O)c1C#N. The number of aromatic nitrogens is 1. The standard InChI is InChI=1S/C24H24N4OS/c1-15-10-16(2)28(23(29)20(15)13-25)26-24-27(21-12-17-8-9-19(21)11-17)14-22(30-24)18-6-4-3-5-7-18/h3-10,14,17,19,21,24,26H,11-12H2,1-2H3. The molecule has 3 aliphatic rings. The monoisotopic (exact) mass is 416 g/mol. The van der Waals surface area contributed by atoms with Crippen LogP contribution >= 0.6 is 11.8 Å². The summed E-state index contributed by atoms with van der Waals surface area (Å²) < 4.78 is 1.54. The number of rotatable bonds is 4. The molecule has 4 unspecified atom stereocenters. The number of allylic oxidation sites excluding steroid dienone is 1. The Bertz CT molecular complexity index is 1140. The average molecular weight is 417 g/mol. The van der Waals surface area contributed by atoms with E-state index < -0.39 is 0 Å². The molecular formula is C24H24N4OS. The van der Waals surface area contributed by atoms with Crippen molar-refractivity contribution in [3.63, 3.8) is 0 Å². The van der Waals surface area contributed by atoms with Crippen LogP contribution in [0.1, 0.15) is 35.2 Å². The lowest BCUT2D eigenvalue weighted by molar-refractivity contribution is 0.238. The lowest BCUT2D eigenvalue weighted by Gasteiger charge is -2.35.